The van der Waals surface area contributed by atoms with Crippen LogP contribution in [-0.2, 0) is 0 Å². The molecule has 0 amide bonds. The van der Waals surface area contributed by atoms with Gasteiger partial charge in [-0.25, -0.2) is 18.9 Å². The molecule has 0 aliphatic carbocycles. The molecule has 1 aliphatic rings. The Hall–Kier alpha value is -3.54. The van der Waals surface area contributed by atoms with Gasteiger partial charge in [-0.05, 0) is 24.3 Å². The molecule has 120 valence electrons. The SMILES string of the molecule is Nc1nc2c3c(ccn3n1)C(c1cccc(F)c1)=Nc1ccccc1-2. The molecule has 4 aromatic rings. The van der Waals surface area contributed by atoms with Gasteiger partial charge in [0.15, 0.2) is 0 Å². The van der Waals surface area contributed by atoms with Gasteiger partial charge in [-0.2, -0.15) is 0 Å². The predicted molar refractivity (Wildman–Crippen MR) is 94.5 cm³/mol. The first-order valence-electron chi connectivity index (χ1n) is 7.80. The fourth-order valence-corrected chi connectivity index (χ4v) is 3.23. The number of para-hydroxylation sites is 1. The van der Waals surface area contributed by atoms with E-state index in [9.17, 15) is 4.39 Å². The maximum Gasteiger partial charge on any atom is 0.238 e. The van der Waals surface area contributed by atoms with E-state index in [2.05, 4.69) is 10.1 Å². The van der Waals surface area contributed by atoms with Gasteiger partial charge in [-0.15, -0.1) is 5.10 Å². The normalized spacial score (nSPS) is 12.6. The zero-order valence-corrected chi connectivity index (χ0v) is 13.0. The number of nitrogens with zero attached hydrogens (tertiary/aromatic N) is 4. The van der Waals surface area contributed by atoms with Crippen molar-refractivity contribution < 1.29 is 4.39 Å². The largest absolute Gasteiger partial charge is 0.367 e. The van der Waals surface area contributed by atoms with Crippen molar-refractivity contribution in [3.8, 4) is 11.3 Å². The highest BCUT2D eigenvalue weighted by atomic mass is 19.1. The molecule has 0 radical (unpaired) electrons. The van der Waals surface area contributed by atoms with Crippen LogP contribution in [0, 0.1) is 5.82 Å². The summed E-state index contributed by atoms with van der Waals surface area (Å²) in [6.45, 7) is 0. The molecule has 3 heterocycles. The second-order valence-corrected chi connectivity index (χ2v) is 5.83. The van der Waals surface area contributed by atoms with Crippen LogP contribution in [-0.4, -0.2) is 20.3 Å². The van der Waals surface area contributed by atoms with Crippen LogP contribution in [0.2, 0.25) is 0 Å². The summed E-state index contributed by atoms with van der Waals surface area (Å²) in [5.41, 5.74) is 11.3. The van der Waals surface area contributed by atoms with E-state index in [1.165, 1.54) is 12.1 Å². The van der Waals surface area contributed by atoms with Crippen LogP contribution in [0.3, 0.4) is 0 Å². The van der Waals surface area contributed by atoms with Crippen LogP contribution in [0.5, 0.6) is 0 Å². The van der Waals surface area contributed by atoms with Crippen molar-refractivity contribution in [1.82, 2.24) is 14.6 Å². The third-order valence-electron chi connectivity index (χ3n) is 4.27. The maximum absolute atomic E-state index is 13.8. The Bertz CT molecular complexity index is 1180. The van der Waals surface area contributed by atoms with Gasteiger partial charge < -0.3 is 5.73 Å². The molecule has 5 nitrogen and oxygen atoms in total. The Balaban J connectivity index is 1.93. The first-order valence-corrected chi connectivity index (χ1v) is 7.80. The van der Waals surface area contributed by atoms with E-state index < -0.39 is 0 Å². The molecule has 1 aliphatic heterocycles. The minimum absolute atomic E-state index is 0.189. The van der Waals surface area contributed by atoms with Gasteiger partial charge in [-0.3, -0.25) is 0 Å². The molecular weight excluding hydrogens is 317 g/mol. The first-order chi connectivity index (χ1) is 12.2. The number of nitrogens with two attached hydrogens (primary N) is 1. The summed E-state index contributed by atoms with van der Waals surface area (Å²) < 4.78 is 15.5. The van der Waals surface area contributed by atoms with Crippen molar-refractivity contribution in [2.24, 2.45) is 4.99 Å². The van der Waals surface area contributed by atoms with Crippen LogP contribution >= 0.6 is 0 Å². The molecule has 6 heteroatoms. The Morgan fingerprint density at radius 2 is 1.84 bits per heavy atom. The van der Waals surface area contributed by atoms with Crippen molar-refractivity contribution in [3.63, 3.8) is 0 Å². The van der Waals surface area contributed by atoms with E-state index in [4.69, 9.17) is 10.7 Å². The summed E-state index contributed by atoms with van der Waals surface area (Å²) in [6, 6.07) is 16.0. The molecular formula is C19H12FN5. The number of hydrogen-bond donors (Lipinski definition) is 1. The summed E-state index contributed by atoms with van der Waals surface area (Å²) in [4.78, 5) is 9.27. The van der Waals surface area contributed by atoms with E-state index in [-0.39, 0.29) is 11.8 Å². The summed E-state index contributed by atoms with van der Waals surface area (Å²) >= 11 is 0. The number of rotatable bonds is 1. The lowest BCUT2D eigenvalue weighted by Crippen LogP contribution is -2.06. The second-order valence-electron chi connectivity index (χ2n) is 5.83. The zero-order chi connectivity index (χ0) is 17.0. The average Bonchev–Trinajstić information content (AvgIpc) is 2.96. The van der Waals surface area contributed by atoms with E-state index in [0.29, 0.717) is 11.3 Å². The van der Waals surface area contributed by atoms with Gasteiger partial charge in [0.05, 0.1) is 11.4 Å². The highest BCUT2D eigenvalue weighted by Gasteiger charge is 2.23. The first kappa shape index (κ1) is 13.9. The Kier molecular flexibility index (Phi) is 2.76. The lowest BCUT2D eigenvalue weighted by Gasteiger charge is -2.06. The molecule has 25 heavy (non-hydrogen) atoms. The number of fused-ring (bicyclic) bond motifs is 2. The lowest BCUT2D eigenvalue weighted by atomic mass is 10.0. The molecule has 2 N–H and O–H groups in total. The maximum atomic E-state index is 13.8. The van der Waals surface area contributed by atoms with Crippen molar-refractivity contribution in [2.75, 3.05) is 5.73 Å². The van der Waals surface area contributed by atoms with Crippen molar-refractivity contribution in [3.05, 3.63) is 77.7 Å². The smallest absolute Gasteiger partial charge is 0.238 e. The molecule has 0 bridgehead atoms. The van der Waals surface area contributed by atoms with Crippen molar-refractivity contribution >= 4 is 22.9 Å². The molecule has 2 aromatic heterocycles. The van der Waals surface area contributed by atoms with Crippen LogP contribution in [0.4, 0.5) is 16.0 Å². The Labute approximate surface area is 142 Å². The predicted octanol–water partition coefficient (Wildman–Crippen LogP) is 3.60. The molecule has 0 spiro atoms. The van der Waals surface area contributed by atoms with Gasteiger partial charge in [0.1, 0.15) is 17.0 Å². The van der Waals surface area contributed by atoms with Crippen molar-refractivity contribution in [1.29, 1.82) is 0 Å². The molecule has 2 aromatic carbocycles. The van der Waals surface area contributed by atoms with Crippen molar-refractivity contribution in [2.45, 2.75) is 0 Å². The van der Waals surface area contributed by atoms with Gasteiger partial charge in [0.25, 0.3) is 0 Å². The Morgan fingerprint density at radius 1 is 0.960 bits per heavy atom. The summed E-state index contributed by atoms with van der Waals surface area (Å²) in [6.07, 6.45) is 1.81. The number of nitrogen functional groups attached to an aromatic ring is 1. The topological polar surface area (TPSA) is 68.6 Å². The van der Waals surface area contributed by atoms with Crippen LogP contribution in [0.25, 0.3) is 16.8 Å². The van der Waals surface area contributed by atoms with E-state index in [1.54, 1.807) is 10.6 Å². The lowest BCUT2D eigenvalue weighted by molar-refractivity contribution is 0.627. The van der Waals surface area contributed by atoms with E-state index in [0.717, 1.165) is 28.0 Å². The third-order valence-corrected chi connectivity index (χ3v) is 4.27. The van der Waals surface area contributed by atoms with Crippen LogP contribution in [0.1, 0.15) is 11.1 Å². The number of benzene rings is 2. The van der Waals surface area contributed by atoms with E-state index in [1.807, 2.05) is 42.6 Å². The fraction of sp³-hybridized carbons (Fsp3) is 0. The minimum Gasteiger partial charge on any atom is -0.367 e. The zero-order valence-electron chi connectivity index (χ0n) is 13.0. The molecule has 0 unspecified atom stereocenters. The fourth-order valence-electron chi connectivity index (χ4n) is 3.23. The monoisotopic (exact) mass is 329 g/mol. The molecule has 0 saturated carbocycles. The standard InChI is InChI=1S/C19H12FN5/c20-12-5-3-4-11(10-12)16-14-8-9-25-18(14)17(23-19(21)24-25)13-6-1-2-7-15(13)22-16/h1-10H,(H2,21,24). The third kappa shape index (κ3) is 2.04. The Morgan fingerprint density at radius 3 is 2.72 bits per heavy atom. The second kappa shape index (κ2) is 4.98. The average molecular weight is 329 g/mol. The van der Waals surface area contributed by atoms with Crippen LogP contribution in [0.15, 0.2) is 65.8 Å². The quantitative estimate of drug-likeness (QED) is 0.511. The number of hydrogen-bond acceptors (Lipinski definition) is 4. The highest BCUT2D eigenvalue weighted by Crippen LogP contribution is 2.38. The number of anilines is 1. The van der Waals surface area contributed by atoms with Gasteiger partial charge in [0, 0.05) is 22.9 Å². The molecule has 0 atom stereocenters. The number of halogens is 1. The number of aromatic nitrogens is 3. The molecule has 5 rings (SSSR count). The number of aliphatic imine (C=N–C) groups is 1. The van der Waals surface area contributed by atoms with E-state index >= 15 is 0 Å². The van der Waals surface area contributed by atoms with Gasteiger partial charge in [0.2, 0.25) is 5.95 Å². The highest BCUT2D eigenvalue weighted by molar-refractivity contribution is 6.20. The molecule has 0 saturated heterocycles. The van der Waals surface area contributed by atoms with Gasteiger partial charge in [-0.1, -0.05) is 30.3 Å². The summed E-state index contributed by atoms with van der Waals surface area (Å²) in [7, 11) is 0. The minimum atomic E-state index is -0.304. The van der Waals surface area contributed by atoms with Crippen LogP contribution < -0.4 is 5.73 Å². The molecule has 0 fully saturated rings. The summed E-state index contributed by atoms with van der Waals surface area (Å²) in [5, 5.41) is 4.25. The summed E-state index contributed by atoms with van der Waals surface area (Å²) in [5.74, 6) is -0.115. The van der Waals surface area contributed by atoms with Gasteiger partial charge >= 0.3 is 0 Å².